The molecule has 3 N–H and O–H groups in total. The van der Waals surface area contributed by atoms with Crippen molar-refractivity contribution in [3.63, 3.8) is 0 Å². The van der Waals surface area contributed by atoms with Crippen molar-refractivity contribution >= 4 is 5.96 Å². The molecule has 1 saturated heterocycles. The lowest BCUT2D eigenvalue weighted by Gasteiger charge is -2.29. The summed E-state index contributed by atoms with van der Waals surface area (Å²) < 4.78 is 5.55. The molecule has 142 valence electrons. The van der Waals surface area contributed by atoms with Crippen LogP contribution in [-0.2, 0) is 5.60 Å². The lowest BCUT2D eigenvalue weighted by molar-refractivity contribution is 0.0428. The third kappa shape index (κ3) is 6.36. The molecule has 0 spiro atoms. The number of aliphatic hydroxyl groups is 1. The van der Waals surface area contributed by atoms with Gasteiger partial charge in [0.25, 0.3) is 0 Å². The van der Waals surface area contributed by atoms with Gasteiger partial charge in [-0.2, -0.15) is 0 Å². The number of aliphatic imine (C=N–C) groups is 1. The minimum Gasteiger partial charge on any atom is -0.463 e. The lowest BCUT2D eigenvalue weighted by Crippen LogP contribution is -2.40. The van der Waals surface area contributed by atoms with E-state index in [0.717, 1.165) is 37.1 Å². The normalized spacial score (nSPS) is 19.6. The average molecular weight is 351 g/mol. The van der Waals surface area contributed by atoms with Gasteiger partial charge in [0.2, 0.25) is 0 Å². The van der Waals surface area contributed by atoms with Gasteiger partial charge in [-0.15, -0.1) is 0 Å². The summed E-state index contributed by atoms with van der Waals surface area (Å²) in [7, 11) is 2.19. The molecule has 1 fully saturated rings. The summed E-state index contributed by atoms with van der Waals surface area (Å²) in [5, 5.41) is 17.2. The quantitative estimate of drug-likeness (QED) is 0.519. The van der Waals surface area contributed by atoms with Crippen LogP contribution < -0.4 is 10.6 Å². The Morgan fingerprint density at radius 1 is 1.36 bits per heavy atom. The Bertz CT molecular complexity index is 545. The number of hydrogen-bond acceptors (Lipinski definition) is 4. The predicted octanol–water partition coefficient (Wildman–Crippen LogP) is 2.08. The van der Waals surface area contributed by atoms with Crippen molar-refractivity contribution in [3.05, 3.63) is 23.7 Å². The third-order valence-electron chi connectivity index (χ3n) is 4.84. The van der Waals surface area contributed by atoms with Gasteiger partial charge in [-0.05, 0) is 78.2 Å². The van der Waals surface area contributed by atoms with Gasteiger partial charge in [0.05, 0.1) is 6.54 Å². The first kappa shape index (κ1) is 19.8. The van der Waals surface area contributed by atoms with Gasteiger partial charge in [-0.1, -0.05) is 0 Å². The van der Waals surface area contributed by atoms with E-state index in [9.17, 15) is 5.11 Å². The summed E-state index contributed by atoms with van der Waals surface area (Å²) in [6, 6.07) is 3.67. The van der Waals surface area contributed by atoms with Crippen molar-refractivity contribution < 1.29 is 9.52 Å². The van der Waals surface area contributed by atoms with Crippen LogP contribution in [0.5, 0.6) is 0 Å². The van der Waals surface area contributed by atoms with E-state index in [-0.39, 0.29) is 6.54 Å². The van der Waals surface area contributed by atoms with Gasteiger partial charge < -0.3 is 25.1 Å². The molecule has 2 heterocycles. The summed E-state index contributed by atoms with van der Waals surface area (Å²) in [5.41, 5.74) is -1.11. The fraction of sp³-hybridized carbons (Fsp3) is 0.737. The second-order valence-corrected chi connectivity index (χ2v) is 7.34. The van der Waals surface area contributed by atoms with Crippen molar-refractivity contribution in [2.45, 2.75) is 45.6 Å². The van der Waals surface area contributed by atoms with Gasteiger partial charge in [-0.3, -0.25) is 0 Å². The number of rotatable bonds is 7. The summed E-state index contributed by atoms with van der Waals surface area (Å²) >= 11 is 0. The van der Waals surface area contributed by atoms with E-state index in [2.05, 4.69) is 27.6 Å². The highest BCUT2D eigenvalue weighted by Crippen LogP contribution is 2.23. The summed E-state index contributed by atoms with van der Waals surface area (Å²) in [6.07, 6.45) is 3.71. The van der Waals surface area contributed by atoms with E-state index >= 15 is 0 Å². The van der Waals surface area contributed by atoms with Crippen LogP contribution in [0.3, 0.4) is 0 Å². The first-order valence-corrected chi connectivity index (χ1v) is 9.40. The standard InChI is InChI=1S/C19H34N4O2/c1-5-20-18(21-11-8-16-9-12-23(4)13-10-16)22-14-19(3,24)17-7-6-15(2)25-17/h6-7,16,24H,5,8-14H2,1-4H3,(H2,20,21,22). The van der Waals surface area contributed by atoms with E-state index in [0.29, 0.717) is 5.76 Å². The Morgan fingerprint density at radius 2 is 2.08 bits per heavy atom. The molecule has 0 bridgehead atoms. The molecule has 1 atom stereocenters. The van der Waals surface area contributed by atoms with Crippen LogP contribution in [0.4, 0.5) is 0 Å². The van der Waals surface area contributed by atoms with Crippen molar-refractivity contribution in [2.75, 3.05) is 39.8 Å². The summed E-state index contributed by atoms with van der Waals surface area (Å²) in [4.78, 5) is 6.94. The number of hydrogen-bond donors (Lipinski definition) is 3. The monoisotopic (exact) mass is 350 g/mol. The number of piperidine rings is 1. The molecular weight excluding hydrogens is 316 g/mol. The lowest BCUT2D eigenvalue weighted by atomic mass is 9.94. The minimum atomic E-state index is -1.11. The molecule has 0 saturated carbocycles. The highest BCUT2D eigenvalue weighted by Gasteiger charge is 2.26. The SMILES string of the molecule is CCNC(=NCC(C)(O)c1ccc(C)o1)NCCC1CCN(C)CC1. The summed E-state index contributed by atoms with van der Waals surface area (Å²) in [6.45, 7) is 10.00. The molecule has 25 heavy (non-hydrogen) atoms. The van der Waals surface area contributed by atoms with Gasteiger partial charge in [-0.25, -0.2) is 4.99 Å². The van der Waals surface area contributed by atoms with Crippen molar-refractivity contribution in [1.29, 1.82) is 0 Å². The second kappa shape index (κ2) is 9.25. The molecule has 6 heteroatoms. The summed E-state index contributed by atoms with van der Waals surface area (Å²) in [5.74, 6) is 2.89. The van der Waals surface area contributed by atoms with Crippen LogP contribution in [-0.4, -0.2) is 55.7 Å². The zero-order valence-corrected chi connectivity index (χ0v) is 16.1. The Morgan fingerprint density at radius 3 is 2.68 bits per heavy atom. The molecule has 0 aromatic carbocycles. The Kier molecular flexibility index (Phi) is 7.32. The van der Waals surface area contributed by atoms with Crippen LogP contribution in [0.25, 0.3) is 0 Å². The van der Waals surface area contributed by atoms with Crippen LogP contribution in [0.1, 0.15) is 44.6 Å². The van der Waals surface area contributed by atoms with E-state index in [1.165, 1.54) is 25.9 Å². The van der Waals surface area contributed by atoms with Crippen LogP contribution >= 0.6 is 0 Å². The zero-order valence-electron chi connectivity index (χ0n) is 16.1. The largest absolute Gasteiger partial charge is 0.463 e. The van der Waals surface area contributed by atoms with E-state index in [1.807, 2.05) is 26.0 Å². The molecule has 0 radical (unpaired) electrons. The Hall–Kier alpha value is -1.53. The highest BCUT2D eigenvalue weighted by atomic mass is 16.4. The maximum atomic E-state index is 10.6. The topological polar surface area (TPSA) is 73.0 Å². The molecule has 1 aliphatic heterocycles. The third-order valence-corrected chi connectivity index (χ3v) is 4.84. The molecule has 1 unspecified atom stereocenters. The van der Waals surface area contributed by atoms with E-state index in [1.54, 1.807) is 6.92 Å². The number of nitrogens with zero attached hydrogens (tertiary/aromatic N) is 2. The molecule has 0 amide bonds. The number of aryl methyl sites for hydroxylation is 1. The smallest absolute Gasteiger partial charge is 0.191 e. The maximum Gasteiger partial charge on any atom is 0.191 e. The average Bonchev–Trinajstić information content (AvgIpc) is 3.02. The van der Waals surface area contributed by atoms with Gasteiger partial charge in [0.1, 0.15) is 17.1 Å². The van der Waals surface area contributed by atoms with Gasteiger partial charge in [0.15, 0.2) is 5.96 Å². The Balaban J connectivity index is 1.83. The van der Waals surface area contributed by atoms with Gasteiger partial charge >= 0.3 is 0 Å². The molecule has 1 aromatic heterocycles. The fourth-order valence-electron chi connectivity index (χ4n) is 3.12. The first-order chi connectivity index (χ1) is 11.9. The van der Waals surface area contributed by atoms with Crippen molar-refractivity contribution in [2.24, 2.45) is 10.9 Å². The first-order valence-electron chi connectivity index (χ1n) is 9.40. The Labute approximate surface area is 151 Å². The van der Waals surface area contributed by atoms with Gasteiger partial charge in [0, 0.05) is 13.1 Å². The zero-order chi connectivity index (χ0) is 18.3. The maximum absolute atomic E-state index is 10.6. The van der Waals surface area contributed by atoms with E-state index < -0.39 is 5.60 Å². The molecule has 2 rings (SSSR count). The number of likely N-dealkylation sites (tertiary alicyclic amines) is 1. The van der Waals surface area contributed by atoms with Crippen molar-refractivity contribution in [1.82, 2.24) is 15.5 Å². The number of furan rings is 1. The molecule has 1 aliphatic rings. The number of guanidine groups is 1. The van der Waals surface area contributed by atoms with Crippen LogP contribution in [0.15, 0.2) is 21.5 Å². The molecule has 0 aliphatic carbocycles. The predicted molar refractivity (Wildman–Crippen MR) is 102 cm³/mol. The fourth-order valence-corrected chi connectivity index (χ4v) is 3.12. The van der Waals surface area contributed by atoms with Crippen LogP contribution in [0.2, 0.25) is 0 Å². The van der Waals surface area contributed by atoms with E-state index in [4.69, 9.17) is 4.42 Å². The van der Waals surface area contributed by atoms with Crippen molar-refractivity contribution in [3.8, 4) is 0 Å². The molecule has 6 nitrogen and oxygen atoms in total. The molecule has 1 aromatic rings. The number of nitrogens with one attached hydrogen (secondary N) is 2. The minimum absolute atomic E-state index is 0.253. The second-order valence-electron chi connectivity index (χ2n) is 7.34. The highest BCUT2D eigenvalue weighted by molar-refractivity contribution is 5.79. The molecular formula is C19H34N4O2. The van der Waals surface area contributed by atoms with Crippen LogP contribution in [0, 0.1) is 12.8 Å².